The summed E-state index contributed by atoms with van der Waals surface area (Å²) in [6.45, 7) is 8.86. The number of rotatable bonds is 6. The van der Waals surface area contributed by atoms with Crippen LogP contribution in [0.4, 0.5) is 0 Å². The summed E-state index contributed by atoms with van der Waals surface area (Å²) in [4.78, 5) is 22.9. The number of carbonyl (C=O) groups excluding carboxylic acids is 2. The van der Waals surface area contributed by atoms with Gasteiger partial charge in [-0.15, -0.1) is 0 Å². The predicted molar refractivity (Wildman–Crippen MR) is 87.3 cm³/mol. The molecule has 0 atom stereocenters. The molecule has 0 amide bonds. The van der Waals surface area contributed by atoms with Gasteiger partial charge in [0.05, 0.1) is 18.1 Å². The number of phenols is 1. The van der Waals surface area contributed by atoms with Crippen molar-refractivity contribution >= 4 is 17.5 Å². The number of aromatic hydroxyl groups is 1. The number of esters is 2. The zero-order valence-corrected chi connectivity index (χ0v) is 14.3. The van der Waals surface area contributed by atoms with Crippen molar-refractivity contribution in [3.8, 4) is 5.75 Å². The molecule has 0 fully saturated rings. The summed E-state index contributed by atoms with van der Waals surface area (Å²) in [5.41, 5.74) is 1.87. The molecule has 5 nitrogen and oxygen atoms in total. The van der Waals surface area contributed by atoms with Crippen molar-refractivity contribution < 1.29 is 24.2 Å². The first-order valence-corrected chi connectivity index (χ1v) is 7.58. The molecular formula is C18H24O5. The van der Waals surface area contributed by atoms with Crippen molar-refractivity contribution in [2.45, 2.75) is 41.2 Å². The van der Waals surface area contributed by atoms with Gasteiger partial charge in [-0.3, -0.25) is 9.59 Å². The molecule has 0 aliphatic carbocycles. The molecule has 0 heterocycles. The molecule has 1 aromatic rings. The Morgan fingerprint density at radius 1 is 1.13 bits per heavy atom. The highest BCUT2D eigenvalue weighted by molar-refractivity contribution is 5.75. The van der Waals surface area contributed by atoms with Gasteiger partial charge in [0, 0.05) is 5.56 Å². The molecule has 0 aliphatic rings. The fourth-order valence-electron chi connectivity index (χ4n) is 1.67. The van der Waals surface area contributed by atoms with Gasteiger partial charge >= 0.3 is 11.9 Å². The quantitative estimate of drug-likeness (QED) is 0.640. The fourth-order valence-corrected chi connectivity index (χ4v) is 1.67. The number of hydrogen-bond acceptors (Lipinski definition) is 5. The maximum atomic E-state index is 11.4. The summed E-state index contributed by atoms with van der Waals surface area (Å²) >= 11 is 0. The smallest absolute Gasteiger partial charge is 0.313 e. The Labute approximate surface area is 136 Å². The lowest BCUT2D eigenvalue weighted by atomic mass is 10.1. The summed E-state index contributed by atoms with van der Waals surface area (Å²) in [6, 6.07) is 4.98. The molecule has 0 aromatic heterocycles. The zero-order valence-electron chi connectivity index (χ0n) is 14.3. The van der Waals surface area contributed by atoms with Gasteiger partial charge in [0.25, 0.3) is 0 Å². The van der Waals surface area contributed by atoms with E-state index in [9.17, 15) is 14.7 Å². The largest absolute Gasteiger partial charge is 0.507 e. The van der Waals surface area contributed by atoms with Crippen molar-refractivity contribution in [3.05, 3.63) is 35.6 Å². The lowest BCUT2D eigenvalue weighted by Crippen LogP contribution is -2.11. The van der Waals surface area contributed by atoms with Crippen LogP contribution >= 0.6 is 0 Å². The van der Waals surface area contributed by atoms with Crippen molar-refractivity contribution in [2.75, 3.05) is 0 Å². The predicted octanol–water partition coefficient (Wildman–Crippen LogP) is 3.65. The molecule has 0 spiro atoms. The topological polar surface area (TPSA) is 72.8 Å². The van der Waals surface area contributed by atoms with E-state index in [4.69, 9.17) is 9.47 Å². The lowest BCUT2D eigenvalue weighted by Gasteiger charge is -2.10. The number of hydrogen-bond donors (Lipinski definition) is 1. The number of ether oxygens (including phenoxy) is 2. The molecule has 0 saturated carbocycles. The molecule has 0 unspecified atom stereocenters. The minimum atomic E-state index is -0.332. The van der Waals surface area contributed by atoms with Crippen LogP contribution in [-0.4, -0.2) is 17.0 Å². The number of benzene rings is 1. The van der Waals surface area contributed by atoms with E-state index in [1.165, 1.54) is 12.3 Å². The second-order valence-corrected chi connectivity index (χ2v) is 6.01. The highest BCUT2D eigenvalue weighted by Crippen LogP contribution is 2.26. The van der Waals surface area contributed by atoms with E-state index >= 15 is 0 Å². The SMILES string of the molecule is CC(=COC(=O)C(C)C)c1ccc(COC(=O)C(C)C)cc1O. The fraction of sp³-hybridized carbons (Fsp3) is 0.444. The van der Waals surface area contributed by atoms with Gasteiger partial charge in [-0.25, -0.2) is 0 Å². The zero-order chi connectivity index (χ0) is 17.6. The molecule has 0 radical (unpaired) electrons. The molecule has 0 saturated heterocycles. The summed E-state index contributed by atoms with van der Waals surface area (Å²) in [5.74, 6) is -0.988. The molecule has 1 N–H and O–H groups in total. The van der Waals surface area contributed by atoms with Crippen molar-refractivity contribution in [1.29, 1.82) is 0 Å². The normalized spacial score (nSPS) is 11.7. The Bertz CT molecular complexity index is 599. The Kier molecular flexibility index (Phi) is 6.82. The van der Waals surface area contributed by atoms with Gasteiger partial charge in [0.1, 0.15) is 12.4 Å². The number of phenolic OH excluding ortho intramolecular Hbond substituents is 1. The van der Waals surface area contributed by atoms with E-state index in [1.54, 1.807) is 46.8 Å². The first kappa shape index (κ1) is 18.7. The van der Waals surface area contributed by atoms with Crippen LogP contribution in [0.1, 0.15) is 45.7 Å². The van der Waals surface area contributed by atoms with Crippen LogP contribution in [0, 0.1) is 11.8 Å². The van der Waals surface area contributed by atoms with Gasteiger partial charge < -0.3 is 14.6 Å². The first-order valence-electron chi connectivity index (χ1n) is 7.58. The van der Waals surface area contributed by atoms with Crippen molar-refractivity contribution in [1.82, 2.24) is 0 Å². The van der Waals surface area contributed by atoms with E-state index in [1.807, 2.05) is 0 Å². The van der Waals surface area contributed by atoms with E-state index in [0.717, 1.165) is 0 Å². The summed E-state index contributed by atoms with van der Waals surface area (Å²) in [7, 11) is 0. The standard InChI is InChI=1S/C18H24O5/c1-11(2)17(20)22-9-13(5)15-7-6-14(8-16(15)19)10-23-18(21)12(3)4/h6-9,11-12,19H,10H2,1-5H3. The lowest BCUT2D eigenvalue weighted by molar-refractivity contribution is -0.148. The highest BCUT2D eigenvalue weighted by Gasteiger charge is 2.11. The van der Waals surface area contributed by atoms with Crippen molar-refractivity contribution in [2.24, 2.45) is 11.8 Å². The third-order valence-corrected chi connectivity index (χ3v) is 3.16. The van der Waals surface area contributed by atoms with Crippen LogP contribution < -0.4 is 0 Å². The highest BCUT2D eigenvalue weighted by atomic mass is 16.5. The van der Waals surface area contributed by atoms with Crippen LogP contribution in [0.5, 0.6) is 5.75 Å². The number of allylic oxidation sites excluding steroid dienone is 1. The molecule has 0 aliphatic heterocycles. The van der Waals surface area contributed by atoms with Crippen LogP contribution in [0.15, 0.2) is 24.5 Å². The van der Waals surface area contributed by atoms with Crippen LogP contribution in [-0.2, 0) is 25.7 Å². The van der Waals surface area contributed by atoms with Gasteiger partial charge in [-0.05, 0) is 24.1 Å². The van der Waals surface area contributed by atoms with E-state index in [2.05, 4.69) is 0 Å². The minimum absolute atomic E-state index is 0.0393. The molecular weight excluding hydrogens is 296 g/mol. The summed E-state index contributed by atoms with van der Waals surface area (Å²) in [6.07, 6.45) is 1.33. The monoisotopic (exact) mass is 320 g/mol. The van der Waals surface area contributed by atoms with Crippen molar-refractivity contribution in [3.63, 3.8) is 0 Å². The van der Waals surface area contributed by atoms with E-state index in [-0.39, 0.29) is 36.1 Å². The Hall–Kier alpha value is -2.30. The maximum absolute atomic E-state index is 11.4. The van der Waals surface area contributed by atoms with Gasteiger partial charge in [0.15, 0.2) is 0 Å². The first-order chi connectivity index (χ1) is 10.7. The minimum Gasteiger partial charge on any atom is -0.507 e. The maximum Gasteiger partial charge on any atom is 0.313 e. The molecule has 23 heavy (non-hydrogen) atoms. The molecule has 126 valence electrons. The Morgan fingerprint density at radius 3 is 2.26 bits per heavy atom. The Balaban J connectivity index is 2.77. The second kappa shape index (κ2) is 8.36. The Morgan fingerprint density at radius 2 is 1.74 bits per heavy atom. The van der Waals surface area contributed by atoms with E-state index in [0.29, 0.717) is 16.7 Å². The number of carbonyl (C=O) groups is 2. The van der Waals surface area contributed by atoms with Gasteiger partial charge in [-0.2, -0.15) is 0 Å². The molecule has 5 heteroatoms. The van der Waals surface area contributed by atoms with E-state index < -0.39 is 0 Å². The van der Waals surface area contributed by atoms with Crippen LogP contribution in [0.25, 0.3) is 5.57 Å². The van der Waals surface area contributed by atoms with Gasteiger partial charge in [0.2, 0.25) is 0 Å². The van der Waals surface area contributed by atoms with Crippen LogP contribution in [0.3, 0.4) is 0 Å². The average Bonchev–Trinajstić information content (AvgIpc) is 2.49. The summed E-state index contributed by atoms with van der Waals surface area (Å²) in [5, 5.41) is 10.1. The molecule has 0 bridgehead atoms. The molecule has 1 rings (SSSR count). The van der Waals surface area contributed by atoms with Gasteiger partial charge in [-0.1, -0.05) is 39.8 Å². The average molecular weight is 320 g/mol. The molecule has 1 aromatic carbocycles. The second-order valence-electron chi connectivity index (χ2n) is 6.01. The third kappa shape index (κ3) is 5.77. The third-order valence-electron chi connectivity index (χ3n) is 3.16. The summed E-state index contributed by atoms with van der Waals surface area (Å²) < 4.78 is 10.1. The van der Waals surface area contributed by atoms with Crippen LogP contribution in [0.2, 0.25) is 0 Å².